The Morgan fingerprint density at radius 1 is 1.00 bits per heavy atom. The highest BCUT2D eigenvalue weighted by Gasteiger charge is 2.26. The van der Waals surface area contributed by atoms with E-state index >= 15 is 0 Å². The van der Waals surface area contributed by atoms with E-state index in [1.165, 1.54) is 6.92 Å². The molecule has 0 bridgehead atoms. The van der Waals surface area contributed by atoms with Crippen molar-refractivity contribution in [3.63, 3.8) is 0 Å². The maximum Gasteiger partial charge on any atom is 0.235 e. The van der Waals surface area contributed by atoms with Crippen LogP contribution >= 0.6 is 0 Å². The van der Waals surface area contributed by atoms with E-state index in [4.69, 9.17) is 0 Å². The second-order valence-corrected chi connectivity index (χ2v) is 7.95. The van der Waals surface area contributed by atoms with E-state index in [1.54, 1.807) is 6.92 Å². The highest BCUT2D eigenvalue weighted by Crippen LogP contribution is 2.24. The maximum absolute atomic E-state index is 12.1. The molecule has 8 nitrogen and oxygen atoms in total. The number of carbonyl (C=O) groups is 3. The zero-order valence-corrected chi connectivity index (χ0v) is 15.1. The van der Waals surface area contributed by atoms with Crippen molar-refractivity contribution in [1.29, 1.82) is 0 Å². The standard InChI is InChI=1S/C15H27N3O5S/c1-3-13(19)17-12-7-5-11(6-8-12)15(21)16-10-9-14(20)18-24(22,23)4-2/h11-12H,3-10H2,1-2H3,(H,16,21)(H,17,19)(H,18,20). The van der Waals surface area contributed by atoms with Crippen LogP contribution in [-0.2, 0) is 24.4 Å². The first-order valence-electron chi connectivity index (χ1n) is 8.37. The second kappa shape index (κ2) is 9.61. The first-order valence-corrected chi connectivity index (χ1v) is 10.0. The first kappa shape index (κ1) is 20.4. The molecule has 3 N–H and O–H groups in total. The summed E-state index contributed by atoms with van der Waals surface area (Å²) in [6, 6.07) is 0.131. The summed E-state index contributed by atoms with van der Waals surface area (Å²) in [5.41, 5.74) is 0. The summed E-state index contributed by atoms with van der Waals surface area (Å²) < 4.78 is 24.4. The van der Waals surface area contributed by atoms with Crippen molar-refractivity contribution in [2.45, 2.75) is 58.4 Å². The fraction of sp³-hybridized carbons (Fsp3) is 0.800. The van der Waals surface area contributed by atoms with Crippen LogP contribution in [0, 0.1) is 5.92 Å². The van der Waals surface area contributed by atoms with Crippen LogP contribution in [-0.4, -0.2) is 44.5 Å². The van der Waals surface area contributed by atoms with Crippen LogP contribution in [0.3, 0.4) is 0 Å². The number of sulfonamides is 1. The van der Waals surface area contributed by atoms with E-state index in [2.05, 4.69) is 10.6 Å². The normalized spacial score (nSPS) is 20.9. The van der Waals surface area contributed by atoms with Crippen molar-refractivity contribution in [3.8, 4) is 0 Å². The van der Waals surface area contributed by atoms with Gasteiger partial charge in [0.15, 0.2) is 0 Å². The van der Waals surface area contributed by atoms with Crippen LogP contribution in [0.5, 0.6) is 0 Å². The maximum atomic E-state index is 12.1. The van der Waals surface area contributed by atoms with Crippen molar-refractivity contribution < 1.29 is 22.8 Å². The van der Waals surface area contributed by atoms with Crippen molar-refractivity contribution in [3.05, 3.63) is 0 Å². The van der Waals surface area contributed by atoms with Crippen LogP contribution in [0.2, 0.25) is 0 Å². The third kappa shape index (κ3) is 7.29. The van der Waals surface area contributed by atoms with Crippen molar-refractivity contribution in [2.75, 3.05) is 12.3 Å². The summed E-state index contributed by atoms with van der Waals surface area (Å²) >= 11 is 0. The van der Waals surface area contributed by atoms with Gasteiger partial charge in [-0.3, -0.25) is 19.1 Å². The Bertz CT molecular complexity index is 553. The Labute approximate surface area is 143 Å². The monoisotopic (exact) mass is 361 g/mol. The largest absolute Gasteiger partial charge is 0.355 e. The molecular weight excluding hydrogens is 334 g/mol. The summed E-state index contributed by atoms with van der Waals surface area (Å²) in [5, 5.41) is 5.60. The fourth-order valence-electron chi connectivity index (χ4n) is 2.57. The number of rotatable bonds is 8. The Morgan fingerprint density at radius 3 is 2.17 bits per heavy atom. The molecule has 0 aromatic rings. The van der Waals surface area contributed by atoms with Gasteiger partial charge in [0.25, 0.3) is 0 Å². The molecule has 0 saturated heterocycles. The summed E-state index contributed by atoms with van der Waals surface area (Å²) in [5.74, 6) is -1.01. The number of nitrogens with one attached hydrogen (secondary N) is 3. The molecule has 1 aliphatic rings. The third-order valence-electron chi connectivity index (χ3n) is 4.08. The highest BCUT2D eigenvalue weighted by molar-refractivity contribution is 7.90. The number of carbonyl (C=O) groups excluding carboxylic acids is 3. The van der Waals surface area contributed by atoms with E-state index in [0.29, 0.717) is 19.3 Å². The predicted molar refractivity (Wildman–Crippen MR) is 89.4 cm³/mol. The molecule has 138 valence electrons. The van der Waals surface area contributed by atoms with Crippen LogP contribution in [0.15, 0.2) is 0 Å². The number of hydrogen-bond donors (Lipinski definition) is 3. The number of amides is 3. The molecule has 0 unspecified atom stereocenters. The minimum Gasteiger partial charge on any atom is -0.355 e. The van der Waals surface area contributed by atoms with E-state index in [1.807, 2.05) is 4.72 Å². The SMILES string of the molecule is CCC(=O)NC1CCC(C(=O)NCCC(=O)NS(=O)(=O)CC)CC1. The molecule has 0 spiro atoms. The Balaban J connectivity index is 2.25. The van der Waals surface area contributed by atoms with Crippen molar-refractivity contribution in [2.24, 2.45) is 5.92 Å². The van der Waals surface area contributed by atoms with Gasteiger partial charge >= 0.3 is 0 Å². The lowest BCUT2D eigenvalue weighted by Gasteiger charge is -2.28. The molecular formula is C15H27N3O5S. The quantitative estimate of drug-likeness (QED) is 0.564. The summed E-state index contributed by atoms with van der Waals surface area (Å²) in [6.07, 6.45) is 3.29. The molecule has 1 saturated carbocycles. The minimum absolute atomic E-state index is 0.0240. The summed E-state index contributed by atoms with van der Waals surface area (Å²) in [4.78, 5) is 34.9. The van der Waals surface area contributed by atoms with Gasteiger partial charge in [-0.15, -0.1) is 0 Å². The number of hydrogen-bond acceptors (Lipinski definition) is 5. The average molecular weight is 361 g/mol. The van der Waals surface area contributed by atoms with Crippen LogP contribution < -0.4 is 15.4 Å². The van der Waals surface area contributed by atoms with Gasteiger partial charge in [-0.2, -0.15) is 0 Å². The van der Waals surface area contributed by atoms with Gasteiger partial charge in [0, 0.05) is 31.3 Å². The zero-order chi connectivity index (χ0) is 18.2. The van der Waals surface area contributed by atoms with E-state index < -0.39 is 15.9 Å². The molecule has 3 amide bonds. The van der Waals surface area contributed by atoms with E-state index in [-0.39, 0.29) is 42.5 Å². The van der Waals surface area contributed by atoms with E-state index in [0.717, 1.165) is 12.8 Å². The lowest BCUT2D eigenvalue weighted by Crippen LogP contribution is -2.41. The predicted octanol–water partition coefficient (Wildman–Crippen LogP) is 0.0436. The Kier molecular flexibility index (Phi) is 8.17. The molecule has 0 atom stereocenters. The molecule has 1 fully saturated rings. The summed E-state index contributed by atoms with van der Waals surface area (Å²) in [6.45, 7) is 3.35. The van der Waals surface area contributed by atoms with Crippen LogP contribution in [0.4, 0.5) is 0 Å². The van der Waals surface area contributed by atoms with Gasteiger partial charge in [0.05, 0.1) is 5.75 Å². The lowest BCUT2D eigenvalue weighted by atomic mass is 9.85. The van der Waals surface area contributed by atoms with Gasteiger partial charge in [-0.05, 0) is 32.6 Å². The average Bonchev–Trinajstić information content (AvgIpc) is 2.54. The van der Waals surface area contributed by atoms with Crippen molar-refractivity contribution in [1.82, 2.24) is 15.4 Å². The Hall–Kier alpha value is -1.64. The van der Waals surface area contributed by atoms with E-state index in [9.17, 15) is 22.8 Å². The summed E-state index contributed by atoms with van der Waals surface area (Å²) in [7, 11) is -3.55. The topological polar surface area (TPSA) is 121 Å². The Morgan fingerprint density at radius 2 is 1.62 bits per heavy atom. The molecule has 0 aromatic heterocycles. The smallest absolute Gasteiger partial charge is 0.235 e. The third-order valence-corrected chi connectivity index (χ3v) is 5.38. The molecule has 0 radical (unpaired) electrons. The second-order valence-electron chi connectivity index (χ2n) is 5.94. The minimum atomic E-state index is -3.55. The first-order chi connectivity index (χ1) is 11.3. The highest BCUT2D eigenvalue weighted by atomic mass is 32.2. The lowest BCUT2D eigenvalue weighted by molar-refractivity contribution is -0.126. The molecule has 1 aliphatic carbocycles. The zero-order valence-electron chi connectivity index (χ0n) is 14.3. The molecule has 0 heterocycles. The molecule has 0 aromatic carbocycles. The molecule has 24 heavy (non-hydrogen) atoms. The van der Waals surface area contributed by atoms with Gasteiger partial charge < -0.3 is 10.6 Å². The van der Waals surface area contributed by atoms with Gasteiger partial charge in [0.2, 0.25) is 27.7 Å². The molecule has 9 heteroatoms. The van der Waals surface area contributed by atoms with Gasteiger partial charge in [0.1, 0.15) is 0 Å². The van der Waals surface area contributed by atoms with Crippen LogP contribution in [0.25, 0.3) is 0 Å². The van der Waals surface area contributed by atoms with Gasteiger partial charge in [-0.1, -0.05) is 6.92 Å². The van der Waals surface area contributed by atoms with Crippen molar-refractivity contribution >= 4 is 27.7 Å². The fourth-order valence-corrected chi connectivity index (χ4v) is 3.16. The van der Waals surface area contributed by atoms with Gasteiger partial charge in [-0.25, -0.2) is 8.42 Å². The molecule has 1 rings (SSSR count). The molecule has 0 aliphatic heterocycles. The van der Waals surface area contributed by atoms with Crippen LogP contribution in [0.1, 0.15) is 52.4 Å².